The second-order valence-corrected chi connectivity index (χ2v) is 6.24. The molecule has 0 aliphatic rings. The minimum atomic E-state index is -0.130. The number of hydrogen-bond donors (Lipinski definition) is 1. The third-order valence-corrected chi connectivity index (χ3v) is 4.17. The monoisotopic (exact) mass is 358 g/mol. The van der Waals surface area contributed by atoms with Crippen LogP contribution in [0.4, 0.5) is 0 Å². The van der Waals surface area contributed by atoms with Gasteiger partial charge in [-0.25, -0.2) is 0 Å². The molecule has 2 aromatic carbocycles. The highest BCUT2D eigenvalue weighted by molar-refractivity contribution is 6.31. The minimum Gasteiger partial charge on any atom is -0.490 e. The lowest BCUT2D eigenvalue weighted by Crippen LogP contribution is -2.34. The van der Waals surface area contributed by atoms with Crippen LogP contribution in [0.3, 0.4) is 0 Å². The topological polar surface area (TPSA) is 41.6 Å². The maximum Gasteiger partial charge on any atom is 0.251 e. The van der Waals surface area contributed by atoms with Crippen LogP contribution >= 0.6 is 11.6 Å². The van der Waals surface area contributed by atoms with Gasteiger partial charge in [0.05, 0.1) is 6.04 Å². The molecule has 5 heteroatoms. The lowest BCUT2D eigenvalue weighted by Gasteiger charge is -2.26. The van der Waals surface area contributed by atoms with Crippen molar-refractivity contribution in [3.8, 4) is 5.75 Å². The molecule has 0 aliphatic heterocycles. The summed E-state index contributed by atoms with van der Waals surface area (Å²) in [5, 5.41) is 3.67. The smallest absolute Gasteiger partial charge is 0.251 e. The van der Waals surface area contributed by atoms with Gasteiger partial charge in [0, 0.05) is 17.1 Å². The first-order valence-electron chi connectivity index (χ1n) is 8.05. The minimum absolute atomic E-state index is 0.00662. The average molecular weight is 359 g/mol. The summed E-state index contributed by atoms with van der Waals surface area (Å²) in [5.41, 5.74) is 1.57. The van der Waals surface area contributed by atoms with E-state index in [9.17, 15) is 4.79 Å². The molecule has 2 aromatic rings. The van der Waals surface area contributed by atoms with Crippen molar-refractivity contribution >= 4 is 17.5 Å². The first kappa shape index (κ1) is 19.0. The highest BCUT2D eigenvalue weighted by Gasteiger charge is 2.18. The molecule has 25 heavy (non-hydrogen) atoms. The molecule has 0 fully saturated rings. The zero-order valence-electron chi connectivity index (χ0n) is 14.5. The first-order chi connectivity index (χ1) is 12.0. The maximum absolute atomic E-state index is 12.4. The Balaban J connectivity index is 2.01. The normalized spacial score (nSPS) is 11.8. The van der Waals surface area contributed by atoms with Gasteiger partial charge < -0.3 is 15.0 Å². The molecule has 0 aromatic heterocycles. The van der Waals surface area contributed by atoms with Gasteiger partial charge in [-0.15, -0.1) is 0 Å². The molecule has 0 heterocycles. The van der Waals surface area contributed by atoms with Crippen LogP contribution in [0, 0.1) is 0 Å². The van der Waals surface area contributed by atoms with Crippen molar-refractivity contribution in [3.63, 3.8) is 0 Å². The van der Waals surface area contributed by atoms with Gasteiger partial charge in [0.1, 0.15) is 12.4 Å². The Hall–Kier alpha value is -2.30. The molecule has 1 unspecified atom stereocenters. The number of benzene rings is 2. The van der Waals surface area contributed by atoms with Gasteiger partial charge in [0.25, 0.3) is 5.91 Å². The van der Waals surface area contributed by atoms with Gasteiger partial charge in [0.15, 0.2) is 0 Å². The van der Waals surface area contributed by atoms with Crippen LogP contribution in [0.1, 0.15) is 22.0 Å². The number of rotatable bonds is 8. The Kier molecular flexibility index (Phi) is 7.04. The fourth-order valence-corrected chi connectivity index (χ4v) is 2.73. The highest BCUT2D eigenvalue weighted by Crippen LogP contribution is 2.25. The lowest BCUT2D eigenvalue weighted by molar-refractivity contribution is 0.0942. The van der Waals surface area contributed by atoms with Crippen LogP contribution in [0.15, 0.2) is 61.2 Å². The van der Waals surface area contributed by atoms with E-state index in [4.69, 9.17) is 16.3 Å². The Morgan fingerprint density at radius 2 is 1.92 bits per heavy atom. The van der Waals surface area contributed by atoms with Crippen molar-refractivity contribution in [1.29, 1.82) is 0 Å². The molecule has 0 radical (unpaired) electrons. The van der Waals surface area contributed by atoms with Crippen molar-refractivity contribution < 1.29 is 9.53 Å². The van der Waals surface area contributed by atoms with Crippen molar-refractivity contribution in [2.24, 2.45) is 0 Å². The van der Waals surface area contributed by atoms with E-state index in [0.29, 0.717) is 29.5 Å². The van der Waals surface area contributed by atoms with E-state index < -0.39 is 0 Å². The molecule has 132 valence electrons. The molecule has 1 amide bonds. The van der Waals surface area contributed by atoms with Crippen LogP contribution in [-0.4, -0.2) is 38.1 Å². The quantitative estimate of drug-likeness (QED) is 0.727. The van der Waals surface area contributed by atoms with Crippen LogP contribution in [0.5, 0.6) is 5.75 Å². The number of likely N-dealkylation sites (N-methyl/N-ethyl adjacent to an activating group) is 1. The highest BCUT2D eigenvalue weighted by atomic mass is 35.5. The summed E-state index contributed by atoms with van der Waals surface area (Å²) in [6.07, 6.45) is 1.68. The average Bonchev–Trinajstić information content (AvgIpc) is 2.61. The Bertz CT molecular complexity index is 714. The second kappa shape index (κ2) is 9.25. The molecule has 0 saturated heterocycles. The number of nitrogens with zero attached hydrogens (tertiary/aromatic N) is 1. The zero-order valence-corrected chi connectivity index (χ0v) is 15.3. The summed E-state index contributed by atoms with van der Waals surface area (Å²) >= 11 is 6.29. The number of ether oxygens (including phenoxy) is 1. The predicted molar refractivity (Wildman–Crippen MR) is 102 cm³/mol. The number of carbonyl (C=O) groups excluding carboxylic acids is 1. The van der Waals surface area contributed by atoms with Crippen molar-refractivity contribution in [2.45, 2.75) is 6.04 Å². The van der Waals surface area contributed by atoms with E-state index in [1.165, 1.54) is 0 Å². The molecule has 1 atom stereocenters. The third-order valence-electron chi connectivity index (χ3n) is 3.83. The molecule has 2 rings (SSSR count). The van der Waals surface area contributed by atoms with E-state index >= 15 is 0 Å². The Morgan fingerprint density at radius 3 is 2.52 bits per heavy atom. The second-order valence-electron chi connectivity index (χ2n) is 5.84. The van der Waals surface area contributed by atoms with Crippen molar-refractivity contribution in [2.75, 3.05) is 27.2 Å². The number of halogens is 1. The molecular formula is C20H23ClN2O2. The zero-order chi connectivity index (χ0) is 18.2. The van der Waals surface area contributed by atoms with Gasteiger partial charge in [-0.05, 0) is 50.0 Å². The molecule has 1 N–H and O–H groups in total. The molecule has 0 aliphatic carbocycles. The predicted octanol–water partition coefficient (Wildman–Crippen LogP) is 3.94. The molecular weight excluding hydrogens is 336 g/mol. The van der Waals surface area contributed by atoms with Crippen LogP contribution in [-0.2, 0) is 0 Å². The van der Waals surface area contributed by atoms with Crippen molar-refractivity contribution in [3.05, 3.63) is 77.3 Å². The van der Waals surface area contributed by atoms with Gasteiger partial charge in [-0.1, -0.05) is 42.5 Å². The van der Waals surface area contributed by atoms with E-state index in [1.807, 2.05) is 43.3 Å². The van der Waals surface area contributed by atoms with Gasteiger partial charge in [0.2, 0.25) is 0 Å². The standard InChI is InChI=1S/C20H23ClN2O2/c1-4-13-25-16-11-9-15(10-12-16)20(24)22-14-19(23(2)3)17-7-5-6-8-18(17)21/h4-12,19H,1,13-14H2,2-3H3,(H,22,24). The van der Waals surface area contributed by atoms with Crippen LogP contribution < -0.4 is 10.1 Å². The Labute approximate surface area is 154 Å². The molecule has 0 saturated carbocycles. The molecule has 0 spiro atoms. The Morgan fingerprint density at radius 1 is 1.24 bits per heavy atom. The summed E-state index contributed by atoms with van der Waals surface area (Å²) in [5.74, 6) is 0.577. The summed E-state index contributed by atoms with van der Waals surface area (Å²) in [6.45, 7) is 4.51. The van der Waals surface area contributed by atoms with Gasteiger partial charge in [-0.2, -0.15) is 0 Å². The number of nitrogens with one attached hydrogen (secondary N) is 1. The van der Waals surface area contributed by atoms with Crippen LogP contribution in [0.2, 0.25) is 5.02 Å². The summed E-state index contributed by atoms with van der Waals surface area (Å²) < 4.78 is 5.42. The summed E-state index contributed by atoms with van der Waals surface area (Å²) in [6, 6.07) is 14.7. The van der Waals surface area contributed by atoms with E-state index in [2.05, 4.69) is 11.9 Å². The number of carbonyl (C=O) groups is 1. The SMILES string of the molecule is C=CCOc1ccc(C(=O)NCC(c2ccccc2Cl)N(C)C)cc1. The molecule has 0 bridgehead atoms. The van der Waals surface area contributed by atoms with Gasteiger partial charge in [-0.3, -0.25) is 4.79 Å². The van der Waals surface area contributed by atoms with Gasteiger partial charge >= 0.3 is 0 Å². The maximum atomic E-state index is 12.4. The third kappa shape index (κ3) is 5.34. The largest absolute Gasteiger partial charge is 0.490 e. The number of amides is 1. The molecule has 4 nitrogen and oxygen atoms in total. The van der Waals surface area contributed by atoms with E-state index in [1.54, 1.807) is 30.3 Å². The van der Waals surface area contributed by atoms with E-state index in [0.717, 1.165) is 5.56 Å². The first-order valence-corrected chi connectivity index (χ1v) is 8.43. The summed E-state index contributed by atoms with van der Waals surface area (Å²) in [7, 11) is 3.93. The lowest BCUT2D eigenvalue weighted by atomic mass is 10.1. The fraction of sp³-hybridized carbons (Fsp3) is 0.250. The fourth-order valence-electron chi connectivity index (χ4n) is 2.47. The van der Waals surface area contributed by atoms with Crippen molar-refractivity contribution in [1.82, 2.24) is 10.2 Å². The van der Waals surface area contributed by atoms with Crippen LogP contribution in [0.25, 0.3) is 0 Å². The number of hydrogen-bond acceptors (Lipinski definition) is 3. The van der Waals surface area contributed by atoms with E-state index in [-0.39, 0.29) is 11.9 Å². The summed E-state index contributed by atoms with van der Waals surface area (Å²) in [4.78, 5) is 14.4.